The van der Waals surface area contributed by atoms with Gasteiger partial charge in [-0.1, -0.05) is 37.5 Å². The molecule has 1 fully saturated rings. The van der Waals surface area contributed by atoms with Crippen LogP contribution in [-0.2, 0) is 4.74 Å². The fourth-order valence-electron chi connectivity index (χ4n) is 3.33. The van der Waals surface area contributed by atoms with E-state index in [1.807, 2.05) is 38.1 Å². The lowest BCUT2D eigenvalue weighted by molar-refractivity contribution is -0.0746. The van der Waals surface area contributed by atoms with Gasteiger partial charge in [-0.15, -0.1) is 0 Å². The first-order chi connectivity index (χ1) is 10.3. The Morgan fingerprint density at radius 3 is 2.48 bits per heavy atom. The maximum Gasteiger partial charge on any atom is 0.125 e. The van der Waals surface area contributed by atoms with Gasteiger partial charge in [-0.25, -0.2) is 0 Å². The van der Waals surface area contributed by atoms with Gasteiger partial charge in [-0.3, -0.25) is 0 Å². The standard InChI is InChI=1S/C18H28O3/c1-3-20-16-13-9-8-12-15(16)17(19)18(21-4-2)14-10-6-5-7-11-14/h8-9,12-14,17-19H,3-7,10-11H2,1-2H3. The van der Waals surface area contributed by atoms with Crippen LogP contribution in [0, 0.1) is 5.92 Å². The second-order valence-corrected chi connectivity index (χ2v) is 5.73. The average Bonchev–Trinajstić information content (AvgIpc) is 2.54. The smallest absolute Gasteiger partial charge is 0.125 e. The summed E-state index contributed by atoms with van der Waals surface area (Å²) in [6.45, 7) is 5.20. The SMILES string of the molecule is CCOc1ccccc1C(O)C(OCC)C1CCCCC1. The van der Waals surface area contributed by atoms with Gasteiger partial charge in [0.15, 0.2) is 0 Å². The van der Waals surface area contributed by atoms with Gasteiger partial charge in [-0.2, -0.15) is 0 Å². The van der Waals surface area contributed by atoms with Crippen molar-refractivity contribution in [2.45, 2.75) is 58.2 Å². The molecule has 0 spiro atoms. The third kappa shape index (κ3) is 4.21. The first-order valence-electron chi connectivity index (χ1n) is 8.29. The Morgan fingerprint density at radius 1 is 1.10 bits per heavy atom. The molecule has 0 radical (unpaired) electrons. The number of hydrogen-bond acceptors (Lipinski definition) is 3. The number of rotatable bonds is 7. The van der Waals surface area contributed by atoms with Crippen LogP contribution in [0.3, 0.4) is 0 Å². The van der Waals surface area contributed by atoms with Crippen molar-refractivity contribution in [2.75, 3.05) is 13.2 Å². The minimum Gasteiger partial charge on any atom is -0.493 e. The molecule has 1 saturated carbocycles. The molecule has 1 aliphatic rings. The van der Waals surface area contributed by atoms with Gasteiger partial charge in [-0.05, 0) is 38.7 Å². The molecule has 0 amide bonds. The van der Waals surface area contributed by atoms with E-state index in [1.54, 1.807) is 0 Å². The van der Waals surface area contributed by atoms with Crippen molar-refractivity contribution in [3.05, 3.63) is 29.8 Å². The first-order valence-corrected chi connectivity index (χ1v) is 8.29. The second kappa shape index (κ2) is 8.40. The van der Waals surface area contributed by atoms with Gasteiger partial charge in [0.2, 0.25) is 0 Å². The molecule has 2 rings (SSSR count). The molecule has 1 aliphatic carbocycles. The van der Waals surface area contributed by atoms with Gasteiger partial charge in [0, 0.05) is 12.2 Å². The van der Waals surface area contributed by atoms with Gasteiger partial charge < -0.3 is 14.6 Å². The maximum absolute atomic E-state index is 10.9. The Hall–Kier alpha value is -1.06. The molecule has 1 aromatic carbocycles. The zero-order chi connectivity index (χ0) is 15.1. The third-order valence-electron chi connectivity index (χ3n) is 4.32. The van der Waals surface area contributed by atoms with Crippen molar-refractivity contribution in [1.29, 1.82) is 0 Å². The van der Waals surface area contributed by atoms with Gasteiger partial charge in [0.25, 0.3) is 0 Å². The van der Waals surface area contributed by atoms with Crippen molar-refractivity contribution < 1.29 is 14.6 Å². The van der Waals surface area contributed by atoms with E-state index in [1.165, 1.54) is 19.3 Å². The molecule has 0 bridgehead atoms. The fourth-order valence-corrected chi connectivity index (χ4v) is 3.33. The topological polar surface area (TPSA) is 38.7 Å². The van der Waals surface area contributed by atoms with Crippen LogP contribution in [0.5, 0.6) is 5.75 Å². The number of benzene rings is 1. The Morgan fingerprint density at radius 2 is 1.81 bits per heavy atom. The number of ether oxygens (including phenoxy) is 2. The molecule has 0 aliphatic heterocycles. The number of hydrogen-bond donors (Lipinski definition) is 1. The lowest BCUT2D eigenvalue weighted by Gasteiger charge is -2.33. The molecular weight excluding hydrogens is 264 g/mol. The zero-order valence-electron chi connectivity index (χ0n) is 13.3. The number of para-hydroxylation sites is 1. The normalized spacial score (nSPS) is 19.2. The Labute approximate surface area is 128 Å². The van der Waals surface area contributed by atoms with Crippen LogP contribution in [-0.4, -0.2) is 24.4 Å². The van der Waals surface area contributed by atoms with E-state index in [0.717, 1.165) is 24.2 Å². The summed E-state index contributed by atoms with van der Waals surface area (Å²) >= 11 is 0. The van der Waals surface area contributed by atoms with Gasteiger partial charge in [0.05, 0.1) is 12.7 Å². The van der Waals surface area contributed by atoms with Crippen LogP contribution in [0.1, 0.15) is 57.6 Å². The van der Waals surface area contributed by atoms with E-state index in [4.69, 9.17) is 9.47 Å². The highest BCUT2D eigenvalue weighted by Crippen LogP contribution is 2.37. The molecule has 0 heterocycles. The fraction of sp³-hybridized carbons (Fsp3) is 0.667. The monoisotopic (exact) mass is 292 g/mol. The lowest BCUT2D eigenvalue weighted by Crippen LogP contribution is -2.32. The predicted molar refractivity (Wildman–Crippen MR) is 84.6 cm³/mol. The third-order valence-corrected chi connectivity index (χ3v) is 4.32. The summed E-state index contributed by atoms with van der Waals surface area (Å²) in [4.78, 5) is 0. The van der Waals surface area contributed by atoms with Crippen molar-refractivity contribution in [2.24, 2.45) is 5.92 Å². The number of aliphatic hydroxyl groups is 1. The summed E-state index contributed by atoms with van der Waals surface area (Å²) in [6.07, 6.45) is 5.35. The van der Waals surface area contributed by atoms with Crippen molar-refractivity contribution >= 4 is 0 Å². The molecule has 1 N–H and O–H groups in total. The molecule has 21 heavy (non-hydrogen) atoms. The van der Waals surface area contributed by atoms with Crippen LogP contribution < -0.4 is 4.74 Å². The molecule has 2 unspecified atom stereocenters. The number of aliphatic hydroxyl groups excluding tert-OH is 1. The average molecular weight is 292 g/mol. The van der Waals surface area contributed by atoms with Crippen LogP contribution in [0.2, 0.25) is 0 Å². The summed E-state index contributed by atoms with van der Waals surface area (Å²) in [5.74, 6) is 1.22. The molecule has 2 atom stereocenters. The highest BCUT2D eigenvalue weighted by atomic mass is 16.5. The van der Waals surface area contributed by atoms with Crippen molar-refractivity contribution in [3.63, 3.8) is 0 Å². The minimum atomic E-state index is -0.615. The van der Waals surface area contributed by atoms with Gasteiger partial charge >= 0.3 is 0 Å². The largest absolute Gasteiger partial charge is 0.493 e. The van der Waals surface area contributed by atoms with Crippen LogP contribution >= 0.6 is 0 Å². The van der Waals surface area contributed by atoms with Crippen molar-refractivity contribution in [3.8, 4) is 5.75 Å². The molecule has 118 valence electrons. The predicted octanol–water partition coefficient (Wildman–Crippen LogP) is 4.10. The highest BCUT2D eigenvalue weighted by Gasteiger charge is 2.32. The van der Waals surface area contributed by atoms with E-state index >= 15 is 0 Å². The van der Waals surface area contributed by atoms with E-state index in [2.05, 4.69) is 0 Å². The Balaban J connectivity index is 2.18. The summed E-state index contributed by atoms with van der Waals surface area (Å²) < 4.78 is 11.6. The summed E-state index contributed by atoms with van der Waals surface area (Å²) in [7, 11) is 0. The Kier molecular flexibility index (Phi) is 6.52. The molecule has 0 aromatic heterocycles. The molecule has 1 aromatic rings. The molecule has 3 nitrogen and oxygen atoms in total. The zero-order valence-corrected chi connectivity index (χ0v) is 13.3. The van der Waals surface area contributed by atoms with E-state index in [0.29, 0.717) is 19.1 Å². The van der Waals surface area contributed by atoms with E-state index in [-0.39, 0.29) is 6.10 Å². The van der Waals surface area contributed by atoms with Crippen LogP contribution in [0.15, 0.2) is 24.3 Å². The van der Waals surface area contributed by atoms with Crippen LogP contribution in [0.4, 0.5) is 0 Å². The van der Waals surface area contributed by atoms with Crippen molar-refractivity contribution in [1.82, 2.24) is 0 Å². The van der Waals surface area contributed by atoms with E-state index < -0.39 is 6.10 Å². The van der Waals surface area contributed by atoms with Gasteiger partial charge in [0.1, 0.15) is 11.9 Å². The summed E-state index contributed by atoms with van der Waals surface area (Å²) in [5, 5.41) is 10.9. The highest BCUT2D eigenvalue weighted by molar-refractivity contribution is 5.35. The molecule has 0 saturated heterocycles. The second-order valence-electron chi connectivity index (χ2n) is 5.73. The first kappa shape index (κ1) is 16.3. The summed E-state index contributed by atoms with van der Waals surface area (Å²) in [5.41, 5.74) is 0.850. The molecular formula is C18H28O3. The summed E-state index contributed by atoms with van der Waals surface area (Å²) in [6, 6.07) is 7.76. The van der Waals surface area contributed by atoms with E-state index in [9.17, 15) is 5.11 Å². The maximum atomic E-state index is 10.9. The molecule has 3 heteroatoms. The minimum absolute atomic E-state index is 0.128. The van der Waals surface area contributed by atoms with Crippen LogP contribution in [0.25, 0.3) is 0 Å². The quantitative estimate of drug-likeness (QED) is 0.822. The Bertz CT molecular complexity index is 413. The lowest BCUT2D eigenvalue weighted by atomic mass is 9.81.